The predicted molar refractivity (Wildman–Crippen MR) is 275 cm³/mol. The van der Waals surface area contributed by atoms with Crippen LogP contribution in [0.2, 0.25) is 20.1 Å². The lowest BCUT2D eigenvalue weighted by atomic mass is 9.82. The van der Waals surface area contributed by atoms with Gasteiger partial charge in [0.15, 0.2) is 0 Å². The van der Waals surface area contributed by atoms with Gasteiger partial charge in [-0.25, -0.2) is 4.79 Å². The summed E-state index contributed by atoms with van der Waals surface area (Å²) >= 11 is 25.2. The van der Waals surface area contributed by atoms with Crippen LogP contribution < -0.4 is 11.1 Å². The Bertz CT molecular complexity index is 2000. The number of carbonyl (C=O) groups excluding carboxylic acids is 3. The standard InChI is InChI=1S/C27H40Cl2N4O2.C26H39Cl2N3O/c1-27(2,3)24-17-32(23(14-18-4-5-18)20-6-7-21(28)22(29)16-20)12-13-33(24)25(34)15-19-8-10-31(11-9-19)26(30)35;1-26(2,3)24-17-30(12-13-31(24)25(32)15-19-8-10-29-11-9-19)23(14-18-4-5-18)20-6-7-21(27)22(28)16-20/h6-7,16,18-19,23-24H,4-5,8-15,17H2,1-3H3,(H2,30,35);6-7,16,18-19,23-24,29H,4-5,8-15,17H2,1-3H3/t2*23?,24-/m11/s1. The van der Waals surface area contributed by atoms with E-state index in [9.17, 15) is 14.4 Å². The lowest BCUT2D eigenvalue weighted by molar-refractivity contribution is -0.142. The molecule has 2 unspecified atom stereocenters. The highest BCUT2D eigenvalue weighted by Crippen LogP contribution is 2.45. The number of nitrogens with one attached hydrogen (secondary N) is 1. The van der Waals surface area contributed by atoms with E-state index in [1.807, 2.05) is 18.2 Å². The first-order chi connectivity index (χ1) is 31.7. The van der Waals surface area contributed by atoms with Crippen molar-refractivity contribution in [3.63, 3.8) is 0 Å². The summed E-state index contributed by atoms with van der Waals surface area (Å²) in [5.41, 5.74) is 7.89. The molecule has 0 spiro atoms. The van der Waals surface area contributed by atoms with Gasteiger partial charge in [-0.3, -0.25) is 19.4 Å². The molecule has 8 rings (SSSR count). The molecule has 372 valence electrons. The highest BCUT2D eigenvalue weighted by molar-refractivity contribution is 6.42. The fourth-order valence-electron chi connectivity index (χ4n) is 11.2. The fourth-order valence-corrected chi connectivity index (χ4v) is 11.8. The molecular weight excluding hydrogens is 924 g/mol. The van der Waals surface area contributed by atoms with E-state index in [1.54, 1.807) is 4.90 Å². The van der Waals surface area contributed by atoms with Crippen molar-refractivity contribution in [2.45, 2.75) is 143 Å². The molecule has 0 aromatic heterocycles. The number of piperazine rings is 2. The quantitative estimate of drug-likeness (QED) is 0.219. The van der Waals surface area contributed by atoms with Crippen LogP contribution in [0, 0.1) is 34.5 Å². The molecule has 4 aliphatic heterocycles. The summed E-state index contributed by atoms with van der Waals surface area (Å²) in [6.45, 7) is 22.0. The third-order valence-electron chi connectivity index (χ3n) is 15.8. The van der Waals surface area contributed by atoms with Gasteiger partial charge >= 0.3 is 6.03 Å². The minimum Gasteiger partial charge on any atom is -0.351 e. The highest BCUT2D eigenvalue weighted by Gasteiger charge is 2.43. The lowest BCUT2D eigenvalue weighted by Gasteiger charge is -2.50. The Balaban J connectivity index is 0.000000200. The predicted octanol–water partition coefficient (Wildman–Crippen LogP) is 11.4. The summed E-state index contributed by atoms with van der Waals surface area (Å²) in [6.07, 6.45) is 12.7. The summed E-state index contributed by atoms with van der Waals surface area (Å²) in [5, 5.41) is 5.85. The van der Waals surface area contributed by atoms with Crippen LogP contribution in [0.25, 0.3) is 0 Å². The third-order valence-corrected chi connectivity index (χ3v) is 17.3. The van der Waals surface area contributed by atoms with Crippen LogP contribution in [-0.2, 0) is 9.59 Å². The molecular formula is C53H79Cl4N7O3. The first-order valence-corrected chi connectivity index (χ1v) is 27.0. The summed E-state index contributed by atoms with van der Waals surface area (Å²) < 4.78 is 0. The number of carbonyl (C=O) groups is 3. The number of hydrogen-bond donors (Lipinski definition) is 2. The third kappa shape index (κ3) is 14.4. The maximum atomic E-state index is 13.5. The topological polar surface area (TPSA) is 105 Å². The molecule has 4 amide bonds. The van der Waals surface area contributed by atoms with E-state index in [1.165, 1.54) is 36.8 Å². The minimum absolute atomic E-state index is 0.0320. The number of nitrogens with two attached hydrogens (primary N) is 1. The average Bonchev–Trinajstić information content (AvgIpc) is 4.24. The number of benzene rings is 2. The SMILES string of the molecule is CC(C)(C)[C@H]1CN(C(CC2CC2)c2ccc(Cl)c(Cl)c2)CCN1C(=O)CC1CCN(C(N)=O)CC1.CC(C)(C)[C@H]1CN(C(CC2CC2)c2ccc(Cl)c(Cl)c2)CCN1C(=O)CC1CCNCC1. The zero-order chi connectivity index (χ0) is 48.2. The number of rotatable bonds is 12. The second-order valence-corrected chi connectivity index (χ2v) is 24.7. The smallest absolute Gasteiger partial charge is 0.314 e. The van der Waals surface area contributed by atoms with Crippen molar-refractivity contribution >= 4 is 64.2 Å². The van der Waals surface area contributed by atoms with Gasteiger partial charge in [-0.05, 0) is 122 Å². The molecule has 14 heteroatoms. The number of likely N-dealkylation sites (tertiary alicyclic amines) is 1. The summed E-state index contributed by atoms with van der Waals surface area (Å²) in [7, 11) is 0. The van der Waals surface area contributed by atoms with Gasteiger partial charge in [0.2, 0.25) is 11.8 Å². The van der Waals surface area contributed by atoms with E-state index in [4.69, 9.17) is 52.1 Å². The van der Waals surface area contributed by atoms with Crippen LogP contribution in [0.1, 0.15) is 142 Å². The number of halogens is 4. The van der Waals surface area contributed by atoms with Gasteiger partial charge in [0, 0.05) is 89.4 Å². The Labute approximate surface area is 422 Å². The molecule has 0 radical (unpaired) electrons. The van der Waals surface area contributed by atoms with E-state index in [-0.39, 0.29) is 40.9 Å². The number of nitrogens with zero attached hydrogens (tertiary/aromatic N) is 5. The molecule has 2 saturated carbocycles. The molecule has 2 aliphatic carbocycles. The zero-order valence-corrected chi connectivity index (χ0v) is 44.2. The number of piperidine rings is 2. The summed E-state index contributed by atoms with van der Waals surface area (Å²) in [5.74, 6) is 3.02. The Hall–Kier alpha value is -2.31. The Morgan fingerprint density at radius 1 is 0.567 bits per heavy atom. The lowest BCUT2D eigenvalue weighted by Crippen LogP contribution is -2.60. The first kappa shape index (κ1) is 52.5. The van der Waals surface area contributed by atoms with Crippen molar-refractivity contribution < 1.29 is 14.4 Å². The van der Waals surface area contributed by atoms with E-state index >= 15 is 0 Å². The maximum Gasteiger partial charge on any atom is 0.314 e. The van der Waals surface area contributed by atoms with E-state index in [0.717, 1.165) is 103 Å². The number of amides is 4. The maximum absolute atomic E-state index is 13.5. The van der Waals surface area contributed by atoms with Crippen molar-refractivity contribution in [3.8, 4) is 0 Å². The second-order valence-electron chi connectivity index (χ2n) is 23.0. The molecule has 2 aromatic carbocycles. The van der Waals surface area contributed by atoms with Crippen LogP contribution in [0.5, 0.6) is 0 Å². The average molecular weight is 1000 g/mol. The molecule has 10 nitrogen and oxygen atoms in total. The normalized spacial score (nSPS) is 23.9. The van der Waals surface area contributed by atoms with Crippen LogP contribution in [0.15, 0.2) is 36.4 Å². The zero-order valence-electron chi connectivity index (χ0n) is 41.2. The van der Waals surface area contributed by atoms with E-state index < -0.39 is 0 Å². The van der Waals surface area contributed by atoms with E-state index in [0.29, 0.717) is 69.8 Å². The van der Waals surface area contributed by atoms with Crippen molar-refractivity contribution in [1.29, 1.82) is 0 Å². The van der Waals surface area contributed by atoms with Crippen molar-refractivity contribution in [2.75, 3.05) is 65.4 Å². The van der Waals surface area contributed by atoms with Crippen molar-refractivity contribution in [3.05, 3.63) is 67.6 Å². The monoisotopic (exact) mass is 1000 g/mol. The van der Waals surface area contributed by atoms with Crippen LogP contribution in [0.4, 0.5) is 4.79 Å². The molecule has 6 fully saturated rings. The number of primary amides is 1. The second kappa shape index (κ2) is 22.8. The van der Waals surface area contributed by atoms with Gasteiger partial charge in [0.25, 0.3) is 0 Å². The largest absolute Gasteiger partial charge is 0.351 e. The molecule has 4 heterocycles. The van der Waals surface area contributed by atoms with Gasteiger partial charge in [-0.1, -0.05) is 126 Å². The van der Waals surface area contributed by atoms with E-state index in [2.05, 4.69) is 84.7 Å². The number of urea groups is 1. The van der Waals surface area contributed by atoms with Crippen LogP contribution >= 0.6 is 46.4 Å². The first-order valence-electron chi connectivity index (χ1n) is 25.5. The molecule has 6 aliphatic rings. The van der Waals surface area contributed by atoms with Gasteiger partial charge in [-0.15, -0.1) is 0 Å². The highest BCUT2D eigenvalue weighted by atomic mass is 35.5. The summed E-state index contributed by atoms with van der Waals surface area (Å²) in [6, 6.07) is 12.8. The van der Waals surface area contributed by atoms with Crippen LogP contribution in [0.3, 0.4) is 0 Å². The molecule has 3 N–H and O–H groups in total. The van der Waals surface area contributed by atoms with Crippen molar-refractivity contribution in [1.82, 2.24) is 29.8 Å². The molecule has 0 bridgehead atoms. The Morgan fingerprint density at radius 2 is 0.970 bits per heavy atom. The van der Waals surface area contributed by atoms with Gasteiger partial charge in [-0.2, -0.15) is 0 Å². The number of hydrogen-bond acceptors (Lipinski definition) is 6. The Kier molecular flexibility index (Phi) is 17.9. The molecule has 4 saturated heterocycles. The van der Waals surface area contributed by atoms with Crippen LogP contribution in [-0.4, -0.2) is 120 Å². The molecule has 67 heavy (non-hydrogen) atoms. The minimum atomic E-state index is -0.360. The van der Waals surface area contributed by atoms with Crippen molar-refractivity contribution in [2.24, 2.45) is 40.2 Å². The summed E-state index contributed by atoms with van der Waals surface area (Å²) in [4.78, 5) is 49.6. The van der Waals surface area contributed by atoms with Gasteiger partial charge < -0.3 is 25.8 Å². The Morgan fingerprint density at radius 3 is 1.33 bits per heavy atom. The molecule has 4 atom stereocenters. The van der Waals surface area contributed by atoms with Gasteiger partial charge in [0.1, 0.15) is 0 Å². The van der Waals surface area contributed by atoms with Gasteiger partial charge in [0.05, 0.1) is 20.1 Å². The fraction of sp³-hybridized carbons (Fsp3) is 0.717. The molecule has 2 aromatic rings.